The number of ether oxygens (including phenoxy) is 1. The number of hydrogen-bond acceptors (Lipinski definition) is 7. The summed E-state index contributed by atoms with van der Waals surface area (Å²) in [6.45, 7) is 5.60. The fourth-order valence-electron chi connectivity index (χ4n) is 2.60. The van der Waals surface area contributed by atoms with Crippen LogP contribution in [0.15, 0.2) is 36.4 Å². The van der Waals surface area contributed by atoms with Gasteiger partial charge < -0.3 is 35.8 Å². The molecule has 0 fully saturated rings. The SMILES string of the molecule is CC(C)(C)OC[C@H](NC(=O)c1ccc(O)c(O)c1)C(=O)NCCc1ccc(O)c(O)c1. The molecule has 2 rings (SSSR count). The average Bonchev–Trinajstić information content (AvgIpc) is 2.69. The van der Waals surface area contributed by atoms with Crippen LogP contribution >= 0.6 is 0 Å². The number of aromatic hydroxyl groups is 4. The summed E-state index contributed by atoms with van der Waals surface area (Å²) in [4.78, 5) is 25.2. The Bertz CT molecular complexity index is 938. The zero-order chi connectivity index (χ0) is 23.2. The molecule has 9 nitrogen and oxygen atoms in total. The summed E-state index contributed by atoms with van der Waals surface area (Å²) in [5.41, 5.74) is 0.244. The van der Waals surface area contributed by atoms with Crippen molar-refractivity contribution in [3.8, 4) is 23.0 Å². The molecule has 0 saturated carbocycles. The van der Waals surface area contributed by atoms with E-state index in [0.29, 0.717) is 12.0 Å². The Morgan fingerprint density at radius 1 is 0.935 bits per heavy atom. The van der Waals surface area contributed by atoms with Crippen LogP contribution in [0.1, 0.15) is 36.7 Å². The molecular formula is C22H28N2O7. The van der Waals surface area contributed by atoms with Gasteiger partial charge in [0.2, 0.25) is 5.91 Å². The number of phenols is 4. The van der Waals surface area contributed by atoms with E-state index < -0.39 is 29.2 Å². The first-order valence-electron chi connectivity index (χ1n) is 9.71. The van der Waals surface area contributed by atoms with Crippen molar-refractivity contribution < 1.29 is 34.8 Å². The van der Waals surface area contributed by atoms with Crippen molar-refractivity contribution in [2.24, 2.45) is 0 Å². The maximum atomic E-state index is 12.7. The van der Waals surface area contributed by atoms with Crippen molar-refractivity contribution in [3.05, 3.63) is 47.5 Å². The normalized spacial score (nSPS) is 12.2. The molecule has 0 bridgehead atoms. The Balaban J connectivity index is 2.02. The smallest absolute Gasteiger partial charge is 0.252 e. The highest BCUT2D eigenvalue weighted by Crippen LogP contribution is 2.25. The van der Waals surface area contributed by atoms with Gasteiger partial charge in [0.15, 0.2) is 23.0 Å². The third-order valence-electron chi connectivity index (χ3n) is 4.30. The van der Waals surface area contributed by atoms with Gasteiger partial charge in [-0.3, -0.25) is 9.59 Å². The van der Waals surface area contributed by atoms with E-state index in [1.807, 2.05) is 20.8 Å². The minimum absolute atomic E-state index is 0.0726. The lowest BCUT2D eigenvalue weighted by atomic mass is 10.1. The van der Waals surface area contributed by atoms with Crippen molar-refractivity contribution in [1.29, 1.82) is 0 Å². The van der Waals surface area contributed by atoms with E-state index in [-0.39, 0.29) is 36.0 Å². The molecule has 0 aliphatic heterocycles. The van der Waals surface area contributed by atoms with Gasteiger partial charge in [-0.05, 0) is 63.1 Å². The van der Waals surface area contributed by atoms with Crippen molar-refractivity contribution in [2.75, 3.05) is 13.2 Å². The van der Waals surface area contributed by atoms with E-state index >= 15 is 0 Å². The maximum Gasteiger partial charge on any atom is 0.252 e. The van der Waals surface area contributed by atoms with Gasteiger partial charge in [-0.25, -0.2) is 0 Å². The second-order valence-electron chi connectivity index (χ2n) is 8.02. The van der Waals surface area contributed by atoms with Gasteiger partial charge in [-0.15, -0.1) is 0 Å². The summed E-state index contributed by atoms with van der Waals surface area (Å²) in [5, 5.41) is 43.2. The standard InChI is InChI=1S/C22H28N2O7/c1-22(2,3)31-12-15(24-20(29)14-5-7-17(26)19(28)11-14)21(30)23-9-8-13-4-6-16(25)18(27)10-13/h4-7,10-11,15,25-28H,8-9,12H2,1-3H3,(H,23,30)(H,24,29)/t15-/m0/s1. The topological polar surface area (TPSA) is 148 Å². The molecule has 2 aromatic carbocycles. The highest BCUT2D eigenvalue weighted by atomic mass is 16.5. The minimum atomic E-state index is -1.00. The molecule has 0 aromatic heterocycles. The van der Waals surface area contributed by atoms with Crippen LogP contribution < -0.4 is 10.6 Å². The van der Waals surface area contributed by atoms with Crippen LogP contribution in [-0.2, 0) is 16.0 Å². The van der Waals surface area contributed by atoms with Crippen molar-refractivity contribution >= 4 is 11.8 Å². The van der Waals surface area contributed by atoms with Crippen LogP contribution in [0.5, 0.6) is 23.0 Å². The zero-order valence-corrected chi connectivity index (χ0v) is 17.7. The van der Waals surface area contributed by atoms with Gasteiger partial charge >= 0.3 is 0 Å². The number of benzene rings is 2. The first kappa shape index (κ1) is 23.8. The van der Waals surface area contributed by atoms with E-state index in [0.717, 1.165) is 6.07 Å². The van der Waals surface area contributed by atoms with Crippen LogP contribution in [0.2, 0.25) is 0 Å². The van der Waals surface area contributed by atoms with Crippen LogP contribution in [0.25, 0.3) is 0 Å². The monoisotopic (exact) mass is 432 g/mol. The van der Waals surface area contributed by atoms with Gasteiger partial charge in [0.25, 0.3) is 5.91 Å². The Labute approximate surface area is 180 Å². The van der Waals surface area contributed by atoms with Crippen LogP contribution in [0.4, 0.5) is 0 Å². The number of carbonyl (C=O) groups excluding carboxylic acids is 2. The summed E-state index contributed by atoms with van der Waals surface area (Å²) in [5.74, 6) is -2.36. The molecule has 2 aromatic rings. The number of carbonyl (C=O) groups is 2. The van der Waals surface area contributed by atoms with Gasteiger partial charge in [0, 0.05) is 12.1 Å². The van der Waals surface area contributed by atoms with Gasteiger partial charge in [0.05, 0.1) is 12.2 Å². The van der Waals surface area contributed by atoms with Gasteiger partial charge in [0.1, 0.15) is 6.04 Å². The highest BCUT2D eigenvalue weighted by Gasteiger charge is 2.24. The molecule has 0 aliphatic rings. The fourth-order valence-corrected chi connectivity index (χ4v) is 2.60. The van der Waals surface area contributed by atoms with E-state index in [2.05, 4.69) is 10.6 Å². The predicted octanol–water partition coefficient (Wildman–Crippen LogP) is 1.78. The van der Waals surface area contributed by atoms with Gasteiger partial charge in [-0.2, -0.15) is 0 Å². The molecule has 168 valence electrons. The summed E-state index contributed by atoms with van der Waals surface area (Å²) in [7, 11) is 0. The summed E-state index contributed by atoms with van der Waals surface area (Å²) >= 11 is 0. The van der Waals surface area contributed by atoms with Crippen LogP contribution in [0.3, 0.4) is 0 Å². The van der Waals surface area contributed by atoms with Crippen LogP contribution in [-0.4, -0.2) is 57.0 Å². The molecular weight excluding hydrogens is 404 g/mol. The molecule has 9 heteroatoms. The maximum absolute atomic E-state index is 12.7. The quantitative estimate of drug-likeness (QED) is 0.348. The summed E-state index contributed by atoms with van der Waals surface area (Å²) < 4.78 is 5.66. The first-order valence-corrected chi connectivity index (χ1v) is 9.71. The second-order valence-corrected chi connectivity index (χ2v) is 8.02. The fraction of sp³-hybridized carbons (Fsp3) is 0.364. The van der Waals surface area contributed by atoms with E-state index in [4.69, 9.17) is 4.74 Å². The number of amides is 2. The first-order chi connectivity index (χ1) is 14.5. The summed E-state index contributed by atoms with van der Waals surface area (Å²) in [6.07, 6.45) is 0.395. The Morgan fingerprint density at radius 3 is 2.13 bits per heavy atom. The Morgan fingerprint density at radius 2 is 1.55 bits per heavy atom. The lowest BCUT2D eigenvalue weighted by Gasteiger charge is -2.25. The molecule has 6 N–H and O–H groups in total. The Kier molecular flexibility index (Phi) is 7.71. The molecule has 0 spiro atoms. The lowest BCUT2D eigenvalue weighted by Crippen LogP contribution is -2.50. The molecule has 0 unspecified atom stereocenters. The third kappa shape index (κ3) is 7.38. The largest absolute Gasteiger partial charge is 0.504 e. The second kappa shape index (κ2) is 10.0. The molecule has 0 heterocycles. The average molecular weight is 432 g/mol. The third-order valence-corrected chi connectivity index (χ3v) is 4.30. The lowest BCUT2D eigenvalue weighted by molar-refractivity contribution is -0.126. The number of hydrogen-bond donors (Lipinski definition) is 6. The van der Waals surface area contributed by atoms with Gasteiger partial charge in [-0.1, -0.05) is 6.07 Å². The minimum Gasteiger partial charge on any atom is -0.504 e. The molecule has 31 heavy (non-hydrogen) atoms. The zero-order valence-electron chi connectivity index (χ0n) is 17.7. The predicted molar refractivity (Wildman–Crippen MR) is 113 cm³/mol. The molecule has 2 amide bonds. The molecule has 0 saturated heterocycles. The number of nitrogens with one attached hydrogen (secondary N) is 2. The van der Waals surface area contributed by atoms with Crippen molar-refractivity contribution in [3.63, 3.8) is 0 Å². The van der Waals surface area contributed by atoms with Crippen molar-refractivity contribution in [2.45, 2.75) is 38.8 Å². The van der Waals surface area contributed by atoms with Crippen molar-refractivity contribution in [1.82, 2.24) is 10.6 Å². The number of phenolic OH excluding ortho intramolecular Hbond substituents is 4. The highest BCUT2D eigenvalue weighted by molar-refractivity contribution is 5.98. The molecule has 0 aliphatic carbocycles. The van der Waals surface area contributed by atoms with E-state index in [1.54, 1.807) is 6.07 Å². The summed E-state index contributed by atoms with van der Waals surface area (Å²) in [6, 6.07) is 6.98. The Hall–Kier alpha value is -3.46. The van der Waals surface area contributed by atoms with E-state index in [1.165, 1.54) is 24.3 Å². The molecule has 1 atom stereocenters. The molecule has 0 radical (unpaired) electrons. The van der Waals surface area contributed by atoms with Crippen LogP contribution in [0, 0.1) is 0 Å². The van der Waals surface area contributed by atoms with E-state index in [9.17, 15) is 30.0 Å². The number of rotatable bonds is 8.